The van der Waals surface area contributed by atoms with Crippen LogP contribution in [0, 0.1) is 0 Å². The summed E-state index contributed by atoms with van der Waals surface area (Å²) in [6.45, 7) is 0.0899. The summed E-state index contributed by atoms with van der Waals surface area (Å²) in [6, 6.07) is 25.1. The van der Waals surface area contributed by atoms with Gasteiger partial charge in [-0.25, -0.2) is 18.6 Å². The number of hydroxylamine groups is 1. The first-order valence-electron chi connectivity index (χ1n) is 10.6. The van der Waals surface area contributed by atoms with Gasteiger partial charge in [-0.1, -0.05) is 60.7 Å². The fourth-order valence-electron chi connectivity index (χ4n) is 3.86. The average molecular weight is 477 g/mol. The van der Waals surface area contributed by atoms with E-state index in [1.165, 1.54) is 0 Å². The molecule has 0 bridgehead atoms. The SMILES string of the molecule is COc1ccc(-c2ccc(S(=O)(=O)NCCc3ccc4ccccc4c3C(=O)NO)cc2)cc1. The van der Waals surface area contributed by atoms with Crippen LogP contribution in [0.2, 0.25) is 0 Å². The Bertz CT molecular complexity index is 1420. The van der Waals surface area contributed by atoms with Crippen molar-refractivity contribution in [2.24, 2.45) is 0 Å². The van der Waals surface area contributed by atoms with Crippen LogP contribution in [0.4, 0.5) is 0 Å². The van der Waals surface area contributed by atoms with Crippen LogP contribution in [-0.4, -0.2) is 33.2 Å². The molecule has 0 saturated carbocycles. The van der Waals surface area contributed by atoms with Crippen LogP contribution in [0.5, 0.6) is 5.75 Å². The molecule has 0 radical (unpaired) electrons. The smallest absolute Gasteiger partial charge is 0.275 e. The molecular weight excluding hydrogens is 452 g/mol. The maximum atomic E-state index is 12.8. The Hall–Kier alpha value is -3.72. The first kappa shape index (κ1) is 23.4. The highest BCUT2D eigenvalue weighted by molar-refractivity contribution is 7.89. The summed E-state index contributed by atoms with van der Waals surface area (Å²) in [5, 5.41) is 10.7. The third-order valence-electron chi connectivity index (χ3n) is 5.62. The van der Waals surface area contributed by atoms with E-state index in [1.807, 2.05) is 42.5 Å². The molecule has 4 rings (SSSR count). The number of hydrogen-bond acceptors (Lipinski definition) is 5. The molecule has 34 heavy (non-hydrogen) atoms. The van der Waals surface area contributed by atoms with E-state index in [1.54, 1.807) is 55.1 Å². The lowest BCUT2D eigenvalue weighted by Crippen LogP contribution is -2.27. The standard InChI is InChI=1S/C26H24N2O5S/c1-33-22-12-8-18(9-13-22)19-10-14-23(15-11-19)34(31,32)27-17-16-21-7-6-20-4-2-3-5-24(20)25(21)26(29)28-30/h2-15,27,30H,16-17H2,1H3,(H,28,29). The van der Waals surface area contributed by atoms with E-state index in [4.69, 9.17) is 4.74 Å². The Morgan fingerprint density at radius 2 is 1.53 bits per heavy atom. The van der Waals surface area contributed by atoms with Gasteiger partial charge in [0, 0.05) is 6.54 Å². The summed E-state index contributed by atoms with van der Waals surface area (Å²) in [6.07, 6.45) is 0.275. The minimum absolute atomic E-state index is 0.0899. The number of fused-ring (bicyclic) bond motifs is 1. The van der Waals surface area contributed by atoms with Crippen molar-refractivity contribution in [1.82, 2.24) is 10.2 Å². The van der Waals surface area contributed by atoms with Crippen molar-refractivity contribution in [3.05, 3.63) is 96.1 Å². The highest BCUT2D eigenvalue weighted by Gasteiger charge is 2.17. The zero-order valence-corrected chi connectivity index (χ0v) is 19.3. The zero-order chi connectivity index (χ0) is 24.1. The van der Waals surface area contributed by atoms with Gasteiger partial charge in [0.05, 0.1) is 17.6 Å². The maximum absolute atomic E-state index is 12.8. The van der Waals surface area contributed by atoms with Gasteiger partial charge in [-0.2, -0.15) is 0 Å². The van der Waals surface area contributed by atoms with E-state index in [0.29, 0.717) is 16.5 Å². The highest BCUT2D eigenvalue weighted by atomic mass is 32.2. The molecule has 7 nitrogen and oxygen atoms in total. The topological polar surface area (TPSA) is 105 Å². The van der Waals surface area contributed by atoms with Crippen LogP contribution < -0.4 is 14.9 Å². The van der Waals surface area contributed by atoms with E-state index in [-0.39, 0.29) is 17.9 Å². The number of carbonyl (C=O) groups excluding carboxylic acids is 1. The summed E-state index contributed by atoms with van der Waals surface area (Å²) in [4.78, 5) is 12.5. The monoisotopic (exact) mass is 476 g/mol. The molecule has 0 aliphatic carbocycles. The molecule has 0 aliphatic heterocycles. The fourth-order valence-corrected chi connectivity index (χ4v) is 4.89. The zero-order valence-electron chi connectivity index (χ0n) is 18.5. The molecule has 0 aliphatic rings. The minimum atomic E-state index is -3.74. The molecule has 4 aromatic carbocycles. The number of ether oxygens (including phenoxy) is 1. The molecule has 0 atom stereocenters. The van der Waals surface area contributed by atoms with Crippen molar-refractivity contribution < 1.29 is 23.2 Å². The molecule has 174 valence electrons. The van der Waals surface area contributed by atoms with Crippen molar-refractivity contribution in [2.45, 2.75) is 11.3 Å². The van der Waals surface area contributed by atoms with Crippen molar-refractivity contribution in [3.8, 4) is 16.9 Å². The van der Waals surface area contributed by atoms with Crippen molar-refractivity contribution in [3.63, 3.8) is 0 Å². The molecule has 0 fully saturated rings. The van der Waals surface area contributed by atoms with E-state index in [0.717, 1.165) is 22.3 Å². The first-order valence-corrected chi connectivity index (χ1v) is 12.1. The van der Waals surface area contributed by atoms with Gasteiger partial charge in [0.15, 0.2) is 0 Å². The number of sulfonamides is 1. The third kappa shape index (κ3) is 4.94. The first-order chi connectivity index (χ1) is 16.4. The molecular formula is C26H24N2O5S. The second-order valence-electron chi connectivity index (χ2n) is 7.66. The lowest BCUT2D eigenvalue weighted by Gasteiger charge is -2.13. The van der Waals surface area contributed by atoms with Gasteiger partial charge in [-0.05, 0) is 58.1 Å². The Kier molecular flexibility index (Phi) is 6.93. The molecule has 8 heteroatoms. The lowest BCUT2D eigenvalue weighted by atomic mass is 9.96. The number of amides is 1. The van der Waals surface area contributed by atoms with E-state index >= 15 is 0 Å². The second kappa shape index (κ2) is 10.0. The van der Waals surface area contributed by atoms with Gasteiger partial charge in [0.25, 0.3) is 5.91 Å². The van der Waals surface area contributed by atoms with E-state index < -0.39 is 15.9 Å². The number of rotatable bonds is 8. The normalized spacial score (nSPS) is 11.4. The van der Waals surface area contributed by atoms with Gasteiger partial charge in [-0.3, -0.25) is 10.0 Å². The van der Waals surface area contributed by atoms with Crippen LogP contribution in [-0.2, 0) is 16.4 Å². The summed E-state index contributed by atoms with van der Waals surface area (Å²) >= 11 is 0. The van der Waals surface area contributed by atoms with E-state index in [9.17, 15) is 18.4 Å². The molecule has 0 spiro atoms. The molecule has 1 amide bonds. The number of carbonyl (C=O) groups is 1. The molecule has 3 N–H and O–H groups in total. The van der Waals surface area contributed by atoms with Gasteiger partial charge in [0.2, 0.25) is 10.0 Å². The Morgan fingerprint density at radius 3 is 2.18 bits per heavy atom. The Balaban J connectivity index is 1.48. The summed E-state index contributed by atoms with van der Waals surface area (Å²) < 4.78 is 33.3. The Morgan fingerprint density at radius 1 is 0.882 bits per heavy atom. The third-order valence-corrected chi connectivity index (χ3v) is 7.10. The fraction of sp³-hybridized carbons (Fsp3) is 0.115. The second-order valence-corrected chi connectivity index (χ2v) is 9.43. The predicted octanol–water partition coefficient (Wildman–Crippen LogP) is 4.16. The predicted molar refractivity (Wildman–Crippen MR) is 131 cm³/mol. The quantitative estimate of drug-likeness (QED) is 0.262. The van der Waals surface area contributed by atoms with Crippen LogP contribution in [0.15, 0.2) is 89.8 Å². The molecule has 0 heterocycles. The number of benzene rings is 4. The van der Waals surface area contributed by atoms with Gasteiger partial charge >= 0.3 is 0 Å². The van der Waals surface area contributed by atoms with Gasteiger partial charge in [0.1, 0.15) is 5.75 Å². The number of nitrogens with one attached hydrogen (secondary N) is 2. The van der Waals surface area contributed by atoms with Crippen LogP contribution in [0.3, 0.4) is 0 Å². The van der Waals surface area contributed by atoms with Gasteiger partial charge in [-0.15, -0.1) is 0 Å². The molecule has 0 saturated heterocycles. The molecule has 0 unspecified atom stereocenters. The van der Waals surface area contributed by atoms with Crippen LogP contribution >= 0.6 is 0 Å². The Labute approximate surface area is 198 Å². The van der Waals surface area contributed by atoms with Crippen LogP contribution in [0.1, 0.15) is 15.9 Å². The van der Waals surface area contributed by atoms with Gasteiger partial charge < -0.3 is 4.74 Å². The molecule has 0 aromatic heterocycles. The van der Waals surface area contributed by atoms with Crippen molar-refractivity contribution in [2.75, 3.05) is 13.7 Å². The van der Waals surface area contributed by atoms with Crippen LogP contribution in [0.25, 0.3) is 21.9 Å². The summed E-state index contributed by atoms with van der Waals surface area (Å²) in [7, 11) is -2.14. The lowest BCUT2D eigenvalue weighted by molar-refractivity contribution is 0.0707. The maximum Gasteiger partial charge on any atom is 0.275 e. The average Bonchev–Trinajstić information content (AvgIpc) is 2.88. The van der Waals surface area contributed by atoms with Crippen molar-refractivity contribution in [1.29, 1.82) is 0 Å². The number of methoxy groups -OCH3 is 1. The summed E-state index contributed by atoms with van der Waals surface area (Å²) in [5.41, 5.74) is 4.47. The largest absolute Gasteiger partial charge is 0.497 e. The van der Waals surface area contributed by atoms with E-state index in [2.05, 4.69) is 4.72 Å². The van der Waals surface area contributed by atoms with Crippen molar-refractivity contribution >= 4 is 26.7 Å². The molecule has 4 aromatic rings. The summed E-state index contributed by atoms with van der Waals surface area (Å²) in [5.74, 6) is 0.113. The minimum Gasteiger partial charge on any atom is -0.497 e. The highest BCUT2D eigenvalue weighted by Crippen LogP contribution is 2.25. The number of hydrogen-bond donors (Lipinski definition) is 3.